The molecule has 2 aliphatic rings. The van der Waals surface area contributed by atoms with Crippen LogP contribution in [0.3, 0.4) is 0 Å². The summed E-state index contributed by atoms with van der Waals surface area (Å²) < 4.78 is 13.6. The van der Waals surface area contributed by atoms with Crippen molar-refractivity contribution in [2.75, 3.05) is 46.3 Å². The van der Waals surface area contributed by atoms with Gasteiger partial charge in [0.15, 0.2) is 12.1 Å². The monoisotopic (exact) mass is 417 g/mol. The Bertz CT molecular complexity index is 736. The lowest BCUT2D eigenvalue weighted by atomic mass is 10.1. The van der Waals surface area contributed by atoms with Crippen LogP contribution in [0, 0.1) is 11.7 Å². The molecule has 1 unspecified atom stereocenters. The maximum absolute atomic E-state index is 13.6. The van der Waals surface area contributed by atoms with Crippen LogP contribution in [0.1, 0.15) is 56.3 Å². The molecule has 0 spiro atoms. The molecule has 1 aliphatic heterocycles. The second-order valence-electron chi connectivity index (χ2n) is 8.61. The van der Waals surface area contributed by atoms with Gasteiger partial charge in [0.2, 0.25) is 0 Å². The van der Waals surface area contributed by atoms with Crippen LogP contribution in [0.4, 0.5) is 10.2 Å². The minimum atomic E-state index is -0.513. The lowest BCUT2D eigenvalue weighted by Crippen LogP contribution is -2.49. The van der Waals surface area contributed by atoms with E-state index in [-0.39, 0.29) is 11.6 Å². The number of hydrogen-bond acceptors (Lipinski definition) is 5. The molecule has 1 saturated heterocycles. The molecule has 1 atom stereocenters. The van der Waals surface area contributed by atoms with Gasteiger partial charge in [0, 0.05) is 33.2 Å². The number of amidine groups is 1. The number of hydrogen-bond donors (Lipinski definition) is 0. The van der Waals surface area contributed by atoms with Crippen molar-refractivity contribution in [2.24, 2.45) is 10.9 Å². The fraction of sp³-hybridized carbons (Fsp3) is 0.696. The van der Waals surface area contributed by atoms with Gasteiger partial charge in [-0.1, -0.05) is 20.3 Å². The quantitative estimate of drug-likeness (QED) is 0.349. The third-order valence-electron chi connectivity index (χ3n) is 6.20. The van der Waals surface area contributed by atoms with Gasteiger partial charge in [0.05, 0.1) is 17.8 Å². The highest BCUT2D eigenvalue weighted by Gasteiger charge is 2.31. The summed E-state index contributed by atoms with van der Waals surface area (Å²) in [6, 6.07) is 1.39. The summed E-state index contributed by atoms with van der Waals surface area (Å²) in [5.74, 6) is 1.47. The normalized spacial score (nSPS) is 20.1. The number of carbonyl (C=O) groups excluding carboxylic acids is 1. The molecular formula is C23H36FN5O. The first-order chi connectivity index (χ1) is 14.5. The number of carbonyl (C=O) groups is 1. The summed E-state index contributed by atoms with van der Waals surface area (Å²) in [4.78, 5) is 27.9. The largest absolute Gasteiger partial charge is 0.361 e. The average Bonchev–Trinajstić information content (AvgIpc) is 3.58. The Labute approximate surface area is 180 Å². The van der Waals surface area contributed by atoms with Gasteiger partial charge in [-0.15, -0.1) is 0 Å². The lowest BCUT2D eigenvalue weighted by Gasteiger charge is -2.36. The molecule has 0 N–H and O–H groups in total. The SMILES string of the molecule is CCCC(/C(=N/c1ncc(F)cc1C=O)N(C)CC1CC1)N1CCCN(CC)CC1. The van der Waals surface area contributed by atoms with Crippen LogP contribution < -0.4 is 0 Å². The number of aromatic nitrogens is 1. The molecule has 1 saturated carbocycles. The van der Waals surface area contributed by atoms with Gasteiger partial charge in [0.25, 0.3) is 0 Å². The predicted molar refractivity (Wildman–Crippen MR) is 119 cm³/mol. The van der Waals surface area contributed by atoms with Crippen molar-refractivity contribution in [3.8, 4) is 0 Å². The van der Waals surface area contributed by atoms with E-state index in [1.54, 1.807) is 0 Å². The topological polar surface area (TPSA) is 52.0 Å². The zero-order chi connectivity index (χ0) is 21.5. The second-order valence-corrected chi connectivity index (χ2v) is 8.61. The van der Waals surface area contributed by atoms with Gasteiger partial charge in [0.1, 0.15) is 11.7 Å². The molecule has 2 fully saturated rings. The summed E-state index contributed by atoms with van der Waals surface area (Å²) >= 11 is 0. The molecule has 166 valence electrons. The zero-order valence-corrected chi connectivity index (χ0v) is 18.7. The van der Waals surface area contributed by atoms with Crippen molar-refractivity contribution in [3.05, 3.63) is 23.6 Å². The lowest BCUT2D eigenvalue weighted by molar-refractivity contribution is 0.112. The maximum Gasteiger partial charge on any atom is 0.164 e. The molecule has 1 aromatic rings. The fourth-order valence-electron chi connectivity index (χ4n) is 4.30. The smallest absolute Gasteiger partial charge is 0.164 e. The third-order valence-corrected chi connectivity index (χ3v) is 6.20. The second kappa shape index (κ2) is 11.0. The molecule has 1 aromatic heterocycles. The van der Waals surface area contributed by atoms with Gasteiger partial charge < -0.3 is 9.80 Å². The predicted octanol–water partition coefficient (Wildman–Crippen LogP) is 3.60. The minimum absolute atomic E-state index is 0.168. The highest BCUT2D eigenvalue weighted by molar-refractivity contribution is 5.92. The van der Waals surface area contributed by atoms with Crippen LogP contribution in [0.15, 0.2) is 17.3 Å². The van der Waals surface area contributed by atoms with Crippen molar-refractivity contribution in [3.63, 3.8) is 0 Å². The minimum Gasteiger partial charge on any atom is -0.361 e. The van der Waals surface area contributed by atoms with E-state index < -0.39 is 5.82 Å². The van der Waals surface area contributed by atoms with Gasteiger partial charge in [-0.25, -0.2) is 14.4 Å². The Morgan fingerprint density at radius 2 is 2.13 bits per heavy atom. The maximum atomic E-state index is 13.6. The number of rotatable bonds is 9. The number of likely N-dealkylation sites (N-methyl/N-ethyl adjacent to an activating group) is 2. The van der Waals surface area contributed by atoms with Crippen LogP contribution in [-0.2, 0) is 0 Å². The highest BCUT2D eigenvalue weighted by Crippen LogP contribution is 2.30. The van der Waals surface area contributed by atoms with Crippen LogP contribution in [0.2, 0.25) is 0 Å². The first-order valence-electron chi connectivity index (χ1n) is 11.4. The fourth-order valence-corrected chi connectivity index (χ4v) is 4.30. The van der Waals surface area contributed by atoms with E-state index >= 15 is 0 Å². The summed E-state index contributed by atoms with van der Waals surface area (Å²) in [6.45, 7) is 10.7. The zero-order valence-electron chi connectivity index (χ0n) is 18.7. The third kappa shape index (κ3) is 6.08. The molecule has 0 radical (unpaired) electrons. The van der Waals surface area contributed by atoms with Crippen molar-refractivity contribution in [2.45, 2.75) is 52.0 Å². The van der Waals surface area contributed by atoms with E-state index in [4.69, 9.17) is 4.99 Å². The Hall–Kier alpha value is -1.86. The Morgan fingerprint density at radius 1 is 1.33 bits per heavy atom. The number of halogens is 1. The summed E-state index contributed by atoms with van der Waals surface area (Å²) in [5.41, 5.74) is 0.204. The average molecular weight is 418 g/mol. The van der Waals surface area contributed by atoms with Gasteiger partial charge in [-0.3, -0.25) is 9.69 Å². The van der Waals surface area contributed by atoms with Crippen molar-refractivity contribution < 1.29 is 9.18 Å². The molecule has 6 nitrogen and oxygen atoms in total. The van der Waals surface area contributed by atoms with Crippen LogP contribution in [0.5, 0.6) is 0 Å². The summed E-state index contributed by atoms with van der Waals surface area (Å²) in [6.07, 6.45) is 7.50. The van der Waals surface area contributed by atoms with E-state index in [0.717, 1.165) is 70.6 Å². The Morgan fingerprint density at radius 3 is 2.80 bits per heavy atom. The van der Waals surface area contributed by atoms with Crippen LogP contribution in [-0.4, -0.2) is 84.2 Å². The molecule has 1 aliphatic carbocycles. The molecule has 0 bridgehead atoms. The molecule has 0 amide bonds. The number of aldehydes is 1. The van der Waals surface area contributed by atoms with Gasteiger partial charge >= 0.3 is 0 Å². The molecule has 2 heterocycles. The molecule has 7 heteroatoms. The molecule has 0 aromatic carbocycles. The van der Waals surface area contributed by atoms with Crippen molar-refractivity contribution in [1.82, 2.24) is 19.7 Å². The molecule has 30 heavy (non-hydrogen) atoms. The van der Waals surface area contributed by atoms with E-state index in [2.05, 4.69) is 40.6 Å². The number of nitrogens with zero attached hydrogens (tertiary/aromatic N) is 5. The van der Waals surface area contributed by atoms with Crippen molar-refractivity contribution >= 4 is 17.9 Å². The van der Waals surface area contributed by atoms with E-state index in [0.29, 0.717) is 18.0 Å². The van der Waals surface area contributed by atoms with Gasteiger partial charge in [-0.2, -0.15) is 0 Å². The summed E-state index contributed by atoms with van der Waals surface area (Å²) in [7, 11) is 2.10. The number of pyridine rings is 1. The summed E-state index contributed by atoms with van der Waals surface area (Å²) in [5, 5.41) is 0. The van der Waals surface area contributed by atoms with Crippen LogP contribution in [0.25, 0.3) is 0 Å². The molecular weight excluding hydrogens is 381 g/mol. The number of aliphatic imine (C=N–C) groups is 1. The Balaban J connectivity index is 1.94. The Kier molecular flexibility index (Phi) is 8.33. The first kappa shape index (κ1) is 22.8. The van der Waals surface area contributed by atoms with Crippen LogP contribution >= 0.6 is 0 Å². The standard InChI is InChI=1S/C23H36FN5O/c1-4-7-21(29-11-6-10-28(5-2)12-13-29)23(27(3)16-18-8-9-18)26-22-19(17-30)14-20(24)15-25-22/h14-15,17-18,21H,4-13,16H2,1-3H3/b26-23-. The first-order valence-corrected chi connectivity index (χ1v) is 11.4. The van der Waals surface area contributed by atoms with E-state index in [1.165, 1.54) is 18.9 Å². The van der Waals surface area contributed by atoms with Crippen molar-refractivity contribution in [1.29, 1.82) is 0 Å². The molecule has 3 rings (SSSR count). The van der Waals surface area contributed by atoms with E-state index in [1.807, 2.05) is 0 Å². The highest BCUT2D eigenvalue weighted by atomic mass is 19.1. The van der Waals surface area contributed by atoms with Gasteiger partial charge in [-0.05, 0) is 50.8 Å². The van der Waals surface area contributed by atoms with E-state index in [9.17, 15) is 9.18 Å².